The smallest absolute Gasteiger partial charge is 0.344 e. The molecule has 1 amide bonds. The van der Waals surface area contributed by atoms with E-state index in [-0.39, 0.29) is 6.61 Å². The molecular weight excluding hydrogens is 350 g/mol. The molecule has 2 rings (SSSR count). The molecule has 0 aliphatic carbocycles. The lowest BCUT2D eigenvalue weighted by Gasteiger charge is -2.14. The summed E-state index contributed by atoms with van der Waals surface area (Å²) in [6.45, 7) is 7.32. The van der Waals surface area contributed by atoms with Crippen LogP contribution in [-0.2, 0) is 21.4 Å². The first-order chi connectivity index (χ1) is 12.8. The number of carbonyl (C=O) groups excluding carboxylic acids is 2. The van der Waals surface area contributed by atoms with Crippen molar-refractivity contribution in [3.05, 3.63) is 35.7 Å². The summed E-state index contributed by atoms with van der Waals surface area (Å²) in [5.41, 5.74) is 2.13. The van der Waals surface area contributed by atoms with Gasteiger partial charge in [0, 0.05) is 7.05 Å². The number of ether oxygens (including phenoxy) is 3. The number of nitrogens with one attached hydrogen (secondary N) is 1. The average molecular weight is 375 g/mol. The predicted octanol–water partition coefficient (Wildman–Crippen LogP) is 2.38. The van der Waals surface area contributed by atoms with E-state index in [2.05, 4.69) is 10.4 Å². The Morgan fingerprint density at radius 1 is 1.15 bits per heavy atom. The van der Waals surface area contributed by atoms with Gasteiger partial charge in [0.25, 0.3) is 5.91 Å². The van der Waals surface area contributed by atoms with Crippen molar-refractivity contribution in [2.75, 3.05) is 18.5 Å². The molecule has 1 heterocycles. The molecule has 146 valence electrons. The number of nitrogens with zero attached hydrogens (tertiary/aromatic N) is 2. The summed E-state index contributed by atoms with van der Waals surface area (Å²) in [6.07, 6.45) is -0.958. The molecule has 0 radical (unpaired) electrons. The topological polar surface area (TPSA) is 91.7 Å². The molecule has 8 nitrogen and oxygen atoms in total. The summed E-state index contributed by atoms with van der Waals surface area (Å²) in [5.74, 6) is 0.169. The van der Waals surface area contributed by atoms with Gasteiger partial charge in [0.05, 0.1) is 23.7 Å². The standard InChI is InChI=1S/C19H25N3O5/c1-6-25-15-7-9-16(10-8-15)26-11-17(23)27-14(4)19(24)20-18-12(2)21-22(5)13(18)3/h7-10,14H,6,11H2,1-5H3,(H,20,24)/t14-/m1/s1. The number of hydrogen-bond acceptors (Lipinski definition) is 6. The zero-order valence-electron chi connectivity index (χ0n) is 16.2. The molecule has 1 aromatic heterocycles. The summed E-state index contributed by atoms with van der Waals surface area (Å²) in [6, 6.07) is 6.89. The maximum atomic E-state index is 12.3. The maximum Gasteiger partial charge on any atom is 0.344 e. The first-order valence-electron chi connectivity index (χ1n) is 8.68. The second-order valence-corrected chi connectivity index (χ2v) is 5.98. The van der Waals surface area contributed by atoms with Crippen molar-refractivity contribution in [2.24, 2.45) is 7.05 Å². The number of anilines is 1. The molecule has 1 N–H and O–H groups in total. The molecule has 8 heteroatoms. The van der Waals surface area contributed by atoms with Crippen LogP contribution in [0.15, 0.2) is 24.3 Å². The van der Waals surface area contributed by atoms with Crippen LogP contribution in [0.4, 0.5) is 5.69 Å². The zero-order valence-corrected chi connectivity index (χ0v) is 16.2. The monoisotopic (exact) mass is 375 g/mol. The molecule has 1 atom stereocenters. The largest absolute Gasteiger partial charge is 0.494 e. The minimum atomic E-state index is -0.958. The Bertz CT molecular complexity index is 798. The van der Waals surface area contributed by atoms with E-state index in [1.165, 1.54) is 6.92 Å². The van der Waals surface area contributed by atoms with Crippen LogP contribution in [0, 0.1) is 13.8 Å². The van der Waals surface area contributed by atoms with E-state index in [9.17, 15) is 9.59 Å². The van der Waals surface area contributed by atoms with Crippen LogP contribution in [0.2, 0.25) is 0 Å². The number of aryl methyl sites for hydroxylation is 2. The second kappa shape index (κ2) is 9.07. The molecule has 0 aliphatic heterocycles. The van der Waals surface area contributed by atoms with Gasteiger partial charge in [-0.15, -0.1) is 0 Å². The SMILES string of the molecule is CCOc1ccc(OCC(=O)O[C@H](C)C(=O)Nc2c(C)nn(C)c2C)cc1. The van der Waals surface area contributed by atoms with Crippen molar-refractivity contribution in [3.63, 3.8) is 0 Å². The van der Waals surface area contributed by atoms with Crippen LogP contribution in [0.5, 0.6) is 11.5 Å². The van der Waals surface area contributed by atoms with Crippen LogP contribution in [0.25, 0.3) is 0 Å². The Labute approximate surface area is 158 Å². The van der Waals surface area contributed by atoms with Gasteiger partial charge >= 0.3 is 5.97 Å². The van der Waals surface area contributed by atoms with E-state index in [1.54, 1.807) is 42.9 Å². The molecule has 27 heavy (non-hydrogen) atoms. The number of carbonyl (C=O) groups is 2. The average Bonchev–Trinajstić information content (AvgIpc) is 2.87. The Kier molecular flexibility index (Phi) is 6.81. The molecule has 0 aliphatic rings. The number of amides is 1. The fourth-order valence-electron chi connectivity index (χ4n) is 2.41. The van der Waals surface area contributed by atoms with Crippen molar-refractivity contribution >= 4 is 17.6 Å². The van der Waals surface area contributed by atoms with E-state index >= 15 is 0 Å². The van der Waals surface area contributed by atoms with Crippen LogP contribution >= 0.6 is 0 Å². The van der Waals surface area contributed by atoms with E-state index in [1.807, 2.05) is 13.8 Å². The molecule has 1 aromatic carbocycles. The van der Waals surface area contributed by atoms with Gasteiger partial charge in [-0.3, -0.25) is 9.48 Å². The Hall–Kier alpha value is -3.03. The minimum absolute atomic E-state index is 0.295. The van der Waals surface area contributed by atoms with Gasteiger partial charge in [-0.25, -0.2) is 4.79 Å². The van der Waals surface area contributed by atoms with Gasteiger partial charge in [-0.2, -0.15) is 5.10 Å². The van der Waals surface area contributed by atoms with Crippen molar-refractivity contribution in [3.8, 4) is 11.5 Å². The first kappa shape index (κ1) is 20.3. The molecule has 0 spiro atoms. The molecule has 0 unspecified atom stereocenters. The third kappa shape index (κ3) is 5.47. The first-order valence-corrected chi connectivity index (χ1v) is 8.68. The highest BCUT2D eigenvalue weighted by atomic mass is 16.6. The summed E-state index contributed by atoms with van der Waals surface area (Å²) in [4.78, 5) is 24.2. The molecule has 2 aromatic rings. The highest BCUT2D eigenvalue weighted by molar-refractivity contribution is 5.96. The highest BCUT2D eigenvalue weighted by Gasteiger charge is 2.21. The molecule has 0 fully saturated rings. The Balaban J connectivity index is 1.82. The number of esters is 1. The van der Waals surface area contributed by atoms with Crippen LogP contribution in [0.3, 0.4) is 0 Å². The third-order valence-corrected chi connectivity index (χ3v) is 3.93. The van der Waals surface area contributed by atoms with Crippen LogP contribution in [-0.4, -0.2) is 41.0 Å². The van der Waals surface area contributed by atoms with Crippen molar-refractivity contribution in [1.82, 2.24) is 9.78 Å². The summed E-state index contributed by atoms with van der Waals surface area (Å²) >= 11 is 0. The molecular formula is C19H25N3O5. The number of benzene rings is 1. The van der Waals surface area contributed by atoms with E-state index < -0.39 is 18.0 Å². The Morgan fingerprint density at radius 3 is 2.26 bits per heavy atom. The zero-order chi connectivity index (χ0) is 20.0. The van der Waals surface area contributed by atoms with Gasteiger partial charge in [0.15, 0.2) is 12.7 Å². The van der Waals surface area contributed by atoms with Crippen molar-refractivity contribution in [1.29, 1.82) is 0 Å². The van der Waals surface area contributed by atoms with Gasteiger partial charge in [-0.05, 0) is 52.0 Å². The van der Waals surface area contributed by atoms with E-state index in [4.69, 9.17) is 14.2 Å². The van der Waals surface area contributed by atoms with E-state index in [0.29, 0.717) is 23.7 Å². The van der Waals surface area contributed by atoms with Crippen molar-refractivity contribution in [2.45, 2.75) is 33.8 Å². The fourth-order valence-corrected chi connectivity index (χ4v) is 2.41. The normalized spacial score (nSPS) is 11.6. The molecule has 0 saturated heterocycles. The molecule has 0 saturated carbocycles. The van der Waals surface area contributed by atoms with Crippen LogP contribution < -0.4 is 14.8 Å². The third-order valence-electron chi connectivity index (χ3n) is 3.93. The number of aromatic nitrogens is 2. The summed E-state index contributed by atoms with van der Waals surface area (Å²) in [5, 5.41) is 6.97. The number of rotatable bonds is 8. The van der Waals surface area contributed by atoms with Crippen LogP contribution in [0.1, 0.15) is 25.2 Å². The fraction of sp³-hybridized carbons (Fsp3) is 0.421. The highest BCUT2D eigenvalue weighted by Crippen LogP contribution is 2.19. The van der Waals surface area contributed by atoms with Gasteiger partial charge in [0.2, 0.25) is 0 Å². The van der Waals surface area contributed by atoms with Gasteiger partial charge < -0.3 is 19.5 Å². The minimum Gasteiger partial charge on any atom is -0.494 e. The number of hydrogen-bond donors (Lipinski definition) is 1. The lowest BCUT2D eigenvalue weighted by molar-refractivity contribution is -0.155. The maximum absolute atomic E-state index is 12.3. The van der Waals surface area contributed by atoms with Gasteiger partial charge in [0.1, 0.15) is 11.5 Å². The summed E-state index contributed by atoms with van der Waals surface area (Å²) in [7, 11) is 1.79. The molecule has 0 bridgehead atoms. The van der Waals surface area contributed by atoms with Crippen molar-refractivity contribution < 1.29 is 23.8 Å². The lowest BCUT2D eigenvalue weighted by Crippen LogP contribution is -2.32. The predicted molar refractivity (Wildman–Crippen MR) is 100.0 cm³/mol. The Morgan fingerprint density at radius 2 is 1.74 bits per heavy atom. The van der Waals surface area contributed by atoms with E-state index in [0.717, 1.165) is 11.4 Å². The quantitative estimate of drug-likeness (QED) is 0.713. The second-order valence-electron chi connectivity index (χ2n) is 5.98. The van der Waals surface area contributed by atoms with Gasteiger partial charge in [-0.1, -0.05) is 0 Å². The summed E-state index contributed by atoms with van der Waals surface area (Å²) < 4.78 is 17.5. The lowest BCUT2D eigenvalue weighted by atomic mass is 10.3.